The third kappa shape index (κ3) is 3.06. The average molecular weight is 211 g/mol. The van der Waals surface area contributed by atoms with Crippen molar-refractivity contribution in [3.8, 4) is 0 Å². The lowest BCUT2D eigenvalue weighted by Crippen LogP contribution is -2.31. The van der Waals surface area contributed by atoms with Gasteiger partial charge in [0.1, 0.15) is 5.76 Å². The van der Waals surface area contributed by atoms with Crippen molar-refractivity contribution >= 4 is 5.91 Å². The summed E-state index contributed by atoms with van der Waals surface area (Å²) in [5.74, 6) is 0.513. The van der Waals surface area contributed by atoms with Gasteiger partial charge in [-0.25, -0.2) is 0 Å². The van der Waals surface area contributed by atoms with Gasteiger partial charge in [0.15, 0.2) is 5.69 Å². The third-order valence-electron chi connectivity index (χ3n) is 2.22. The summed E-state index contributed by atoms with van der Waals surface area (Å²) in [7, 11) is 3.91. The summed E-state index contributed by atoms with van der Waals surface area (Å²) in [5.41, 5.74) is 1.18. The molecule has 1 rings (SSSR count). The van der Waals surface area contributed by atoms with Crippen molar-refractivity contribution in [2.75, 3.05) is 27.2 Å². The molecule has 1 N–H and O–H groups in total. The van der Waals surface area contributed by atoms with Crippen LogP contribution in [0.25, 0.3) is 0 Å². The predicted molar refractivity (Wildman–Crippen MR) is 56.9 cm³/mol. The number of likely N-dealkylation sites (N-methyl/N-ethyl adjacent to an activating group) is 1. The molecule has 1 amide bonds. The average Bonchev–Trinajstić information content (AvgIpc) is 2.47. The first-order valence-electron chi connectivity index (χ1n) is 4.88. The molecule has 84 valence electrons. The molecule has 0 radical (unpaired) electrons. The molecular formula is C10H17N3O2. The van der Waals surface area contributed by atoms with Gasteiger partial charge in [-0.1, -0.05) is 5.16 Å². The number of hydrogen-bond acceptors (Lipinski definition) is 4. The van der Waals surface area contributed by atoms with Gasteiger partial charge in [0.05, 0.1) is 0 Å². The monoisotopic (exact) mass is 211 g/mol. The highest BCUT2D eigenvalue weighted by Crippen LogP contribution is 2.10. The molecule has 0 aromatic carbocycles. The Morgan fingerprint density at radius 1 is 1.47 bits per heavy atom. The van der Waals surface area contributed by atoms with Crippen molar-refractivity contribution in [3.05, 3.63) is 17.0 Å². The van der Waals surface area contributed by atoms with Crippen LogP contribution in [0.5, 0.6) is 0 Å². The van der Waals surface area contributed by atoms with E-state index in [9.17, 15) is 4.79 Å². The Labute approximate surface area is 89.4 Å². The standard InChI is InChI=1S/C10H17N3O2/c1-7-8(2)15-12-9(7)10(14)11-5-6-13(3)4/h5-6H2,1-4H3,(H,11,14). The molecule has 0 bridgehead atoms. The zero-order chi connectivity index (χ0) is 11.4. The number of nitrogens with zero attached hydrogens (tertiary/aromatic N) is 2. The zero-order valence-corrected chi connectivity index (χ0v) is 9.63. The van der Waals surface area contributed by atoms with Crippen LogP contribution >= 0.6 is 0 Å². The molecule has 5 nitrogen and oxygen atoms in total. The molecule has 1 aromatic rings. The lowest BCUT2D eigenvalue weighted by molar-refractivity contribution is 0.0941. The maximum atomic E-state index is 11.6. The molecule has 0 aliphatic rings. The first kappa shape index (κ1) is 11.7. The molecule has 0 saturated carbocycles. The van der Waals surface area contributed by atoms with E-state index >= 15 is 0 Å². The SMILES string of the molecule is Cc1onc(C(=O)NCCN(C)C)c1C. The molecule has 15 heavy (non-hydrogen) atoms. The van der Waals surface area contributed by atoms with E-state index in [1.165, 1.54) is 0 Å². The van der Waals surface area contributed by atoms with Gasteiger partial charge in [-0.05, 0) is 27.9 Å². The van der Waals surface area contributed by atoms with Crippen LogP contribution in [-0.4, -0.2) is 43.1 Å². The number of carbonyl (C=O) groups excluding carboxylic acids is 1. The fourth-order valence-corrected chi connectivity index (χ4v) is 1.11. The van der Waals surface area contributed by atoms with Crippen LogP contribution in [0.4, 0.5) is 0 Å². The number of amides is 1. The molecule has 1 heterocycles. The van der Waals surface area contributed by atoms with Gasteiger partial charge in [0, 0.05) is 18.7 Å². The molecular weight excluding hydrogens is 194 g/mol. The van der Waals surface area contributed by atoms with Crippen LogP contribution in [0.1, 0.15) is 21.8 Å². The van der Waals surface area contributed by atoms with E-state index in [1.54, 1.807) is 6.92 Å². The number of carbonyl (C=O) groups is 1. The minimum absolute atomic E-state index is 0.175. The predicted octanol–water partition coefficient (Wildman–Crippen LogP) is 0.583. The molecule has 0 atom stereocenters. The second-order valence-corrected chi connectivity index (χ2v) is 3.77. The maximum absolute atomic E-state index is 11.6. The third-order valence-corrected chi connectivity index (χ3v) is 2.22. The summed E-state index contributed by atoms with van der Waals surface area (Å²) in [5, 5.41) is 6.49. The van der Waals surface area contributed by atoms with Gasteiger partial charge in [-0.2, -0.15) is 0 Å². The van der Waals surface area contributed by atoms with Crippen molar-refractivity contribution in [1.29, 1.82) is 0 Å². The minimum Gasteiger partial charge on any atom is -0.361 e. The van der Waals surface area contributed by atoms with Gasteiger partial charge < -0.3 is 14.7 Å². The quantitative estimate of drug-likeness (QED) is 0.791. The molecule has 0 spiro atoms. The minimum atomic E-state index is -0.175. The van der Waals surface area contributed by atoms with Crippen molar-refractivity contribution in [3.63, 3.8) is 0 Å². The van der Waals surface area contributed by atoms with Crippen LogP contribution < -0.4 is 5.32 Å². The van der Waals surface area contributed by atoms with E-state index in [4.69, 9.17) is 4.52 Å². The van der Waals surface area contributed by atoms with Crippen molar-refractivity contribution in [1.82, 2.24) is 15.4 Å². The molecule has 0 unspecified atom stereocenters. The molecule has 0 fully saturated rings. The summed E-state index contributed by atoms with van der Waals surface area (Å²) in [6.07, 6.45) is 0. The number of aromatic nitrogens is 1. The van der Waals surface area contributed by atoms with Gasteiger partial charge >= 0.3 is 0 Å². The number of rotatable bonds is 4. The molecule has 1 aromatic heterocycles. The molecule has 0 aliphatic carbocycles. The van der Waals surface area contributed by atoms with Gasteiger partial charge in [-0.3, -0.25) is 4.79 Å². The van der Waals surface area contributed by atoms with Crippen LogP contribution in [0, 0.1) is 13.8 Å². The number of aryl methyl sites for hydroxylation is 1. The first-order chi connectivity index (χ1) is 7.02. The smallest absolute Gasteiger partial charge is 0.273 e. The Kier molecular flexibility index (Phi) is 3.85. The zero-order valence-electron chi connectivity index (χ0n) is 9.63. The molecule has 0 saturated heterocycles. The van der Waals surface area contributed by atoms with E-state index in [0.717, 1.165) is 12.1 Å². The fourth-order valence-electron chi connectivity index (χ4n) is 1.11. The van der Waals surface area contributed by atoms with Crippen LogP contribution in [0.2, 0.25) is 0 Å². The summed E-state index contributed by atoms with van der Waals surface area (Å²) in [4.78, 5) is 13.6. The Balaban J connectivity index is 2.51. The molecule has 5 heteroatoms. The number of nitrogens with one attached hydrogen (secondary N) is 1. The summed E-state index contributed by atoms with van der Waals surface area (Å²) in [6, 6.07) is 0. The Morgan fingerprint density at radius 2 is 2.13 bits per heavy atom. The van der Waals surface area contributed by atoms with Gasteiger partial charge in [-0.15, -0.1) is 0 Å². The van der Waals surface area contributed by atoms with E-state index in [-0.39, 0.29) is 5.91 Å². The van der Waals surface area contributed by atoms with E-state index < -0.39 is 0 Å². The van der Waals surface area contributed by atoms with E-state index in [2.05, 4.69) is 10.5 Å². The largest absolute Gasteiger partial charge is 0.361 e. The van der Waals surface area contributed by atoms with Gasteiger partial charge in [0.25, 0.3) is 5.91 Å². The second kappa shape index (κ2) is 4.93. The van der Waals surface area contributed by atoms with E-state index in [0.29, 0.717) is 18.0 Å². The van der Waals surface area contributed by atoms with Crippen molar-refractivity contribution < 1.29 is 9.32 Å². The van der Waals surface area contributed by atoms with E-state index in [1.807, 2.05) is 25.9 Å². The summed E-state index contributed by atoms with van der Waals surface area (Å²) in [6.45, 7) is 5.03. The van der Waals surface area contributed by atoms with Crippen LogP contribution in [0.3, 0.4) is 0 Å². The highest BCUT2D eigenvalue weighted by Gasteiger charge is 2.15. The van der Waals surface area contributed by atoms with Crippen LogP contribution in [0.15, 0.2) is 4.52 Å². The van der Waals surface area contributed by atoms with Gasteiger partial charge in [0.2, 0.25) is 0 Å². The first-order valence-corrected chi connectivity index (χ1v) is 4.88. The lowest BCUT2D eigenvalue weighted by Gasteiger charge is -2.09. The normalized spacial score (nSPS) is 10.7. The summed E-state index contributed by atoms with van der Waals surface area (Å²) < 4.78 is 4.92. The fraction of sp³-hybridized carbons (Fsp3) is 0.600. The molecule has 0 aliphatic heterocycles. The lowest BCUT2D eigenvalue weighted by atomic mass is 10.2. The Hall–Kier alpha value is -1.36. The second-order valence-electron chi connectivity index (χ2n) is 3.77. The number of hydrogen-bond donors (Lipinski definition) is 1. The van der Waals surface area contributed by atoms with Crippen LogP contribution in [-0.2, 0) is 0 Å². The summed E-state index contributed by atoms with van der Waals surface area (Å²) >= 11 is 0. The van der Waals surface area contributed by atoms with Crippen molar-refractivity contribution in [2.24, 2.45) is 0 Å². The topological polar surface area (TPSA) is 58.4 Å². The van der Waals surface area contributed by atoms with Crippen molar-refractivity contribution in [2.45, 2.75) is 13.8 Å². The Bertz CT molecular complexity index is 344. The Morgan fingerprint density at radius 3 is 2.60 bits per heavy atom. The highest BCUT2D eigenvalue weighted by molar-refractivity contribution is 5.93. The highest BCUT2D eigenvalue weighted by atomic mass is 16.5. The maximum Gasteiger partial charge on any atom is 0.273 e.